The molecule has 0 unspecified atom stereocenters. The lowest BCUT2D eigenvalue weighted by molar-refractivity contribution is -0.105. The molecule has 7 heteroatoms. The van der Waals surface area contributed by atoms with Crippen molar-refractivity contribution in [2.24, 2.45) is 0 Å². The maximum atomic E-state index is 10.9. The summed E-state index contributed by atoms with van der Waals surface area (Å²) >= 11 is 5.63. The fraction of sp³-hybridized carbons (Fsp3) is 0. The fourth-order valence-electron chi connectivity index (χ4n) is 0.856. The smallest absolute Gasteiger partial charge is 0.262 e. The van der Waals surface area contributed by atoms with Gasteiger partial charge < -0.3 is 5.32 Å². The third kappa shape index (κ3) is 2.60. The van der Waals surface area contributed by atoms with E-state index in [1.165, 1.54) is 18.2 Å². The van der Waals surface area contributed by atoms with E-state index in [0.29, 0.717) is 12.1 Å². The molecule has 1 rings (SSSR count). The molecule has 14 heavy (non-hydrogen) atoms. The molecule has 0 saturated heterocycles. The molecule has 1 aromatic carbocycles. The van der Waals surface area contributed by atoms with Crippen molar-refractivity contribution in [3.05, 3.63) is 23.2 Å². The van der Waals surface area contributed by atoms with Gasteiger partial charge in [-0.15, -0.1) is 0 Å². The van der Waals surface area contributed by atoms with Crippen LogP contribution in [0.5, 0.6) is 0 Å². The van der Waals surface area contributed by atoms with Crippen LogP contribution in [0.1, 0.15) is 0 Å². The first-order valence-corrected chi connectivity index (χ1v) is 6.08. The van der Waals surface area contributed by atoms with E-state index >= 15 is 0 Å². The Kier molecular flexibility index (Phi) is 3.36. The van der Waals surface area contributed by atoms with Crippen LogP contribution in [0, 0.1) is 0 Å². The first kappa shape index (κ1) is 11.3. The average Bonchev–Trinajstić information content (AvgIpc) is 2.02. The molecule has 76 valence electrons. The molecule has 1 aromatic rings. The number of hydrogen-bond donors (Lipinski definition) is 1. The van der Waals surface area contributed by atoms with Crippen LogP contribution in [0.15, 0.2) is 23.1 Å². The number of benzene rings is 1. The first-order valence-electron chi connectivity index (χ1n) is 3.39. The molecule has 1 N–H and O–H groups in total. The zero-order valence-electron chi connectivity index (χ0n) is 6.70. The highest BCUT2D eigenvalue weighted by Crippen LogP contribution is 2.27. The largest absolute Gasteiger partial charge is 0.329 e. The number of rotatable bonds is 3. The maximum absolute atomic E-state index is 10.9. The van der Waals surface area contributed by atoms with Crippen molar-refractivity contribution in [1.82, 2.24) is 0 Å². The van der Waals surface area contributed by atoms with Gasteiger partial charge in [0, 0.05) is 16.4 Å². The van der Waals surface area contributed by atoms with Crippen molar-refractivity contribution in [3.8, 4) is 0 Å². The van der Waals surface area contributed by atoms with E-state index < -0.39 is 9.05 Å². The summed E-state index contributed by atoms with van der Waals surface area (Å²) in [5.41, 5.74) is 0.397. The molecule has 0 aliphatic rings. The highest BCUT2D eigenvalue weighted by molar-refractivity contribution is 8.13. The van der Waals surface area contributed by atoms with E-state index in [9.17, 15) is 13.2 Å². The maximum Gasteiger partial charge on any atom is 0.262 e. The van der Waals surface area contributed by atoms with Gasteiger partial charge in [-0.05, 0) is 18.2 Å². The van der Waals surface area contributed by atoms with E-state index in [1.54, 1.807) is 0 Å². The quantitative estimate of drug-likeness (QED) is 0.661. The number of halogens is 2. The number of hydrogen-bond acceptors (Lipinski definition) is 3. The van der Waals surface area contributed by atoms with Gasteiger partial charge in [0.1, 0.15) is 4.90 Å². The van der Waals surface area contributed by atoms with Crippen LogP contribution >= 0.6 is 22.3 Å². The minimum Gasteiger partial charge on any atom is -0.329 e. The summed E-state index contributed by atoms with van der Waals surface area (Å²) in [4.78, 5) is 9.89. The molecule has 0 heterocycles. The lowest BCUT2D eigenvalue weighted by atomic mass is 10.3. The molecule has 0 atom stereocenters. The van der Waals surface area contributed by atoms with Gasteiger partial charge >= 0.3 is 0 Å². The summed E-state index contributed by atoms with van der Waals surface area (Å²) in [6, 6.07) is 3.90. The van der Waals surface area contributed by atoms with Gasteiger partial charge in [0.25, 0.3) is 9.05 Å². The lowest BCUT2D eigenvalue weighted by Gasteiger charge is -2.02. The van der Waals surface area contributed by atoms with Gasteiger partial charge in [-0.3, -0.25) is 4.79 Å². The van der Waals surface area contributed by atoms with Gasteiger partial charge in [-0.2, -0.15) is 0 Å². The van der Waals surface area contributed by atoms with Crippen molar-refractivity contribution in [2.75, 3.05) is 5.32 Å². The fourth-order valence-corrected chi connectivity index (χ4v) is 2.39. The number of nitrogens with one attached hydrogen (secondary N) is 1. The molecule has 0 fully saturated rings. The van der Waals surface area contributed by atoms with Crippen molar-refractivity contribution < 1.29 is 13.2 Å². The van der Waals surface area contributed by atoms with Gasteiger partial charge in [0.2, 0.25) is 6.41 Å². The summed E-state index contributed by atoms with van der Waals surface area (Å²) in [5, 5.41) is 2.29. The molecule has 0 aliphatic carbocycles. The monoisotopic (exact) mass is 253 g/mol. The molecular formula is C7H5Cl2NO3S. The molecule has 1 amide bonds. The summed E-state index contributed by atoms with van der Waals surface area (Å²) in [7, 11) is 1.25. The Morgan fingerprint density at radius 2 is 2.00 bits per heavy atom. The number of anilines is 1. The lowest BCUT2D eigenvalue weighted by Crippen LogP contribution is -1.96. The third-order valence-electron chi connectivity index (χ3n) is 1.42. The van der Waals surface area contributed by atoms with Crippen LogP contribution in [0.3, 0.4) is 0 Å². The number of carbonyl (C=O) groups is 1. The van der Waals surface area contributed by atoms with Crippen LogP contribution in [-0.2, 0) is 13.8 Å². The molecule has 4 nitrogen and oxygen atoms in total. The minimum absolute atomic E-state index is 0.0353. The Morgan fingerprint density at radius 3 is 2.43 bits per heavy atom. The molecule has 0 saturated carbocycles. The van der Waals surface area contributed by atoms with Gasteiger partial charge in [0.15, 0.2) is 0 Å². The molecule has 0 aliphatic heterocycles. The first-order chi connectivity index (χ1) is 6.45. The Bertz CT molecular complexity index is 458. The highest BCUT2D eigenvalue weighted by Gasteiger charge is 2.14. The third-order valence-corrected chi connectivity index (χ3v) is 3.22. The van der Waals surface area contributed by atoms with E-state index in [0.717, 1.165) is 0 Å². The summed E-state index contributed by atoms with van der Waals surface area (Å²) in [5.74, 6) is 0. The number of amides is 1. The normalized spacial score (nSPS) is 11.0. The molecule has 0 aromatic heterocycles. The molecular weight excluding hydrogens is 249 g/mol. The minimum atomic E-state index is -3.84. The Balaban J connectivity index is 3.21. The Hall–Kier alpha value is -0.780. The van der Waals surface area contributed by atoms with Crippen molar-refractivity contribution >= 4 is 43.4 Å². The summed E-state index contributed by atoms with van der Waals surface area (Å²) in [6.45, 7) is 0. The predicted molar refractivity (Wildman–Crippen MR) is 54.2 cm³/mol. The zero-order valence-corrected chi connectivity index (χ0v) is 9.03. The van der Waals surface area contributed by atoms with E-state index in [-0.39, 0.29) is 9.92 Å². The molecule has 0 radical (unpaired) electrons. The molecule has 0 spiro atoms. The van der Waals surface area contributed by atoms with Gasteiger partial charge in [0.05, 0.1) is 5.02 Å². The van der Waals surface area contributed by atoms with E-state index in [2.05, 4.69) is 5.32 Å². The predicted octanol–water partition coefficient (Wildman–Crippen LogP) is 1.84. The second-order valence-electron chi connectivity index (χ2n) is 2.35. The Labute approximate surface area is 90.2 Å². The SMILES string of the molecule is O=CNc1ccc(S(=O)(=O)Cl)c(Cl)c1. The van der Waals surface area contributed by atoms with Gasteiger partial charge in [-0.25, -0.2) is 8.42 Å². The highest BCUT2D eigenvalue weighted by atomic mass is 35.7. The van der Waals surface area contributed by atoms with Crippen LogP contribution < -0.4 is 5.32 Å². The second kappa shape index (κ2) is 4.16. The number of carbonyl (C=O) groups excluding carboxylic acids is 1. The topological polar surface area (TPSA) is 63.2 Å². The van der Waals surface area contributed by atoms with Gasteiger partial charge in [-0.1, -0.05) is 11.6 Å². The summed E-state index contributed by atoms with van der Waals surface area (Å²) in [6.07, 6.45) is 0.459. The van der Waals surface area contributed by atoms with Crippen molar-refractivity contribution in [3.63, 3.8) is 0 Å². The van der Waals surface area contributed by atoms with Crippen LogP contribution in [-0.4, -0.2) is 14.8 Å². The van der Waals surface area contributed by atoms with Crippen LogP contribution in [0.4, 0.5) is 5.69 Å². The van der Waals surface area contributed by atoms with Crippen molar-refractivity contribution in [1.29, 1.82) is 0 Å². The zero-order chi connectivity index (χ0) is 10.8. The Morgan fingerprint density at radius 1 is 1.36 bits per heavy atom. The van der Waals surface area contributed by atoms with E-state index in [4.69, 9.17) is 22.3 Å². The summed E-state index contributed by atoms with van der Waals surface area (Å²) < 4.78 is 21.8. The van der Waals surface area contributed by atoms with Crippen LogP contribution in [0.2, 0.25) is 5.02 Å². The van der Waals surface area contributed by atoms with Crippen LogP contribution in [0.25, 0.3) is 0 Å². The van der Waals surface area contributed by atoms with Crippen molar-refractivity contribution in [2.45, 2.75) is 4.90 Å². The second-order valence-corrected chi connectivity index (χ2v) is 5.29. The standard InChI is InChI=1S/C7H5Cl2NO3S/c8-6-3-5(10-4-11)1-2-7(6)14(9,12)13/h1-4H,(H,10,11). The average molecular weight is 254 g/mol. The van der Waals surface area contributed by atoms with E-state index in [1.807, 2.05) is 0 Å². The molecule has 0 bridgehead atoms.